The molecule has 0 saturated heterocycles. The van der Waals surface area contributed by atoms with Crippen LogP contribution in [0.15, 0.2) is 76.2 Å². The van der Waals surface area contributed by atoms with Crippen molar-refractivity contribution in [2.45, 2.75) is 19.9 Å². The number of aromatic nitrogens is 2. The van der Waals surface area contributed by atoms with Crippen LogP contribution in [0.25, 0.3) is 33.6 Å². The Hall–Kier alpha value is -3.14. The molecule has 124 valence electrons. The summed E-state index contributed by atoms with van der Waals surface area (Å²) in [5, 5.41) is 0.947. The molecule has 0 spiro atoms. The van der Waals surface area contributed by atoms with Crippen LogP contribution >= 0.6 is 0 Å². The third kappa shape index (κ3) is 2.76. The van der Waals surface area contributed by atoms with E-state index in [0.29, 0.717) is 12.3 Å². The molecule has 0 radical (unpaired) electrons. The molecule has 0 aliphatic rings. The van der Waals surface area contributed by atoms with Crippen molar-refractivity contribution >= 4 is 11.1 Å². The Bertz CT molecular complexity index is 1080. The van der Waals surface area contributed by atoms with Gasteiger partial charge in [0.15, 0.2) is 0 Å². The highest BCUT2D eigenvalue weighted by atomic mass is 16.3. The van der Waals surface area contributed by atoms with Gasteiger partial charge < -0.3 is 8.98 Å². The molecule has 0 aliphatic heterocycles. The minimum Gasteiger partial charge on any atom is -0.437 e. The molecule has 0 N–H and O–H groups in total. The van der Waals surface area contributed by atoms with E-state index >= 15 is 0 Å². The van der Waals surface area contributed by atoms with E-state index in [1.807, 2.05) is 54.7 Å². The second-order valence-electron chi connectivity index (χ2n) is 5.98. The summed E-state index contributed by atoms with van der Waals surface area (Å²) in [7, 11) is 0. The van der Waals surface area contributed by atoms with Crippen molar-refractivity contribution < 1.29 is 4.42 Å². The summed E-state index contributed by atoms with van der Waals surface area (Å²) >= 11 is 0. The topological polar surface area (TPSA) is 48.0 Å². The summed E-state index contributed by atoms with van der Waals surface area (Å²) in [6.07, 6.45) is 4.54. The van der Waals surface area contributed by atoms with Gasteiger partial charge in [0.2, 0.25) is 5.71 Å². The predicted octanol–water partition coefficient (Wildman–Crippen LogP) is 4.73. The quantitative estimate of drug-likeness (QED) is 0.543. The van der Waals surface area contributed by atoms with Crippen molar-refractivity contribution in [2.75, 3.05) is 0 Å². The van der Waals surface area contributed by atoms with E-state index < -0.39 is 0 Å². The van der Waals surface area contributed by atoms with Crippen LogP contribution in [0.5, 0.6) is 0 Å². The molecule has 0 atom stereocenters. The van der Waals surface area contributed by atoms with Gasteiger partial charge in [0, 0.05) is 47.1 Å². The summed E-state index contributed by atoms with van der Waals surface area (Å²) in [6.45, 7) is 2.76. The molecule has 4 rings (SSSR count). The zero-order valence-electron chi connectivity index (χ0n) is 14.0. The second-order valence-corrected chi connectivity index (χ2v) is 5.98. The number of nitrogens with zero attached hydrogens (tertiary/aromatic N) is 2. The average Bonchev–Trinajstić information content (AvgIpc) is 3.04. The summed E-state index contributed by atoms with van der Waals surface area (Å²) in [5.41, 5.74) is 3.53. The number of pyridine rings is 2. The molecule has 1 aromatic carbocycles. The lowest BCUT2D eigenvalue weighted by Gasteiger charge is -2.08. The highest BCUT2D eigenvalue weighted by Crippen LogP contribution is 2.39. The lowest BCUT2D eigenvalue weighted by atomic mass is 10.0. The van der Waals surface area contributed by atoms with Gasteiger partial charge >= 0.3 is 0 Å². The number of hydrogen-bond donors (Lipinski definition) is 0. The van der Waals surface area contributed by atoms with Crippen molar-refractivity contribution in [1.82, 2.24) is 9.55 Å². The van der Waals surface area contributed by atoms with Crippen molar-refractivity contribution in [1.29, 1.82) is 0 Å². The van der Waals surface area contributed by atoms with Gasteiger partial charge in [0.05, 0.1) is 0 Å². The van der Waals surface area contributed by atoms with Crippen molar-refractivity contribution in [2.24, 2.45) is 0 Å². The Morgan fingerprint density at radius 3 is 2.64 bits per heavy atom. The van der Waals surface area contributed by atoms with E-state index in [1.165, 1.54) is 0 Å². The molecule has 0 saturated carbocycles. The first-order valence-corrected chi connectivity index (χ1v) is 8.41. The first-order valence-electron chi connectivity index (χ1n) is 8.41. The Kier molecular flexibility index (Phi) is 3.94. The van der Waals surface area contributed by atoms with Crippen LogP contribution in [-0.2, 0) is 6.54 Å². The van der Waals surface area contributed by atoms with Gasteiger partial charge in [0.25, 0.3) is 5.56 Å². The van der Waals surface area contributed by atoms with Crippen LogP contribution in [0.2, 0.25) is 0 Å². The molecule has 0 fully saturated rings. The summed E-state index contributed by atoms with van der Waals surface area (Å²) in [6, 6.07) is 17.4. The first-order chi connectivity index (χ1) is 12.3. The molecule has 3 aromatic heterocycles. The molecule has 0 bridgehead atoms. The average molecular weight is 330 g/mol. The summed E-state index contributed by atoms with van der Waals surface area (Å²) < 4.78 is 7.82. The lowest BCUT2D eigenvalue weighted by Crippen LogP contribution is -2.18. The van der Waals surface area contributed by atoms with Gasteiger partial charge in [-0.05, 0) is 24.6 Å². The van der Waals surface area contributed by atoms with Gasteiger partial charge in [-0.2, -0.15) is 0 Å². The first kappa shape index (κ1) is 15.4. The Labute approximate surface area is 145 Å². The van der Waals surface area contributed by atoms with Crippen molar-refractivity contribution in [3.8, 4) is 22.5 Å². The largest absolute Gasteiger partial charge is 0.437 e. The molecule has 4 aromatic rings. The van der Waals surface area contributed by atoms with Gasteiger partial charge in [-0.1, -0.05) is 37.3 Å². The molecule has 4 nitrogen and oxygen atoms in total. The van der Waals surface area contributed by atoms with E-state index in [4.69, 9.17) is 4.42 Å². The van der Waals surface area contributed by atoms with Crippen molar-refractivity contribution in [3.05, 3.63) is 77.3 Å². The second kappa shape index (κ2) is 6.40. The van der Waals surface area contributed by atoms with Gasteiger partial charge in [-0.15, -0.1) is 0 Å². The number of rotatable bonds is 4. The molecule has 25 heavy (non-hydrogen) atoms. The van der Waals surface area contributed by atoms with Crippen LogP contribution in [0.1, 0.15) is 13.3 Å². The normalized spacial score (nSPS) is 11.1. The Balaban J connectivity index is 2.01. The minimum atomic E-state index is 0.0118. The lowest BCUT2D eigenvalue weighted by molar-refractivity contribution is 0.619. The Morgan fingerprint density at radius 1 is 1.00 bits per heavy atom. The molecule has 0 unspecified atom stereocenters. The SMILES string of the molecule is CCCn1cc(-c2c(-c3ccccc3)oc3ncccc23)ccc1=O. The van der Waals surface area contributed by atoms with Gasteiger partial charge in [-0.3, -0.25) is 4.79 Å². The molecule has 0 amide bonds. The zero-order valence-corrected chi connectivity index (χ0v) is 14.0. The third-order valence-corrected chi connectivity index (χ3v) is 4.24. The monoisotopic (exact) mass is 330 g/mol. The van der Waals surface area contributed by atoms with Crippen molar-refractivity contribution in [3.63, 3.8) is 0 Å². The maximum Gasteiger partial charge on any atom is 0.250 e. The number of aryl methyl sites for hydroxylation is 1. The van der Waals surface area contributed by atoms with Crippen LogP contribution in [0, 0.1) is 0 Å². The van der Waals surface area contributed by atoms with E-state index in [2.05, 4.69) is 11.9 Å². The third-order valence-electron chi connectivity index (χ3n) is 4.24. The predicted molar refractivity (Wildman–Crippen MR) is 99.4 cm³/mol. The van der Waals surface area contributed by atoms with Crippen LogP contribution < -0.4 is 5.56 Å². The van der Waals surface area contributed by atoms with E-state index in [0.717, 1.165) is 34.3 Å². The van der Waals surface area contributed by atoms with Gasteiger partial charge in [0.1, 0.15) is 5.76 Å². The minimum absolute atomic E-state index is 0.0118. The summed E-state index contributed by atoms with van der Waals surface area (Å²) in [5.74, 6) is 0.774. The number of fused-ring (bicyclic) bond motifs is 1. The van der Waals surface area contributed by atoms with Crippen LogP contribution in [0.3, 0.4) is 0 Å². The highest BCUT2D eigenvalue weighted by molar-refractivity contribution is 6.00. The number of benzene rings is 1. The molecule has 4 heteroatoms. The van der Waals surface area contributed by atoms with Crippen LogP contribution in [-0.4, -0.2) is 9.55 Å². The maximum atomic E-state index is 12.1. The molecular formula is C21H18N2O2. The fourth-order valence-corrected chi connectivity index (χ4v) is 3.11. The fraction of sp³-hybridized carbons (Fsp3) is 0.143. The smallest absolute Gasteiger partial charge is 0.250 e. The summed E-state index contributed by atoms with van der Waals surface area (Å²) in [4.78, 5) is 16.4. The number of furan rings is 1. The number of hydrogen-bond acceptors (Lipinski definition) is 3. The van der Waals surface area contributed by atoms with E-state index in [9.17, 15) is 4.79 Å². The zero-order chi connectivity index (χ0) is 17.2. The molecule has 3 heterocycles. The fourth-order valence-electron chi connectivity index (χ4n) is 3.11. The van der Waals surface area contributed by atoms with E-state index in [-0.39, 0.29) is 5.56 Å². The Morgan fingerprint density at radius 2 is 1.84 bits per heavy atom. The molecule has 0 aliphatic carbocycles. The van der Waals surface area contributed by atoms with Crippen LogP contribution in [0.4, 0.5) is 0 Å². The maximum absolute atomic E-state index is 12.1. The standard InChI is InChI=1S/C21H18N2O2/c1-2-13-23-14-16(10-11-18(23)24)19-17-9-6-12-22-21(17)25-20(19)15-7-4-3-5-8-15/h3-12,14H,2,13H2,1H3. The van der Waals surface area contributed by atoms with E-state index in [1.54, 1.807) is 16.8 Å². The van der Waals surface area contributed by atoms with Gasteiger partial charge in [-0.25, -0.2) is 4.98 Å². The highest BCUT2D eigenvalue weighted by Gasteiger charge is 2.18. The molecular weight excluding hydrogens is 312 g/mol.